The molecule has 0 saturated heterocycles. The monoisotopic (exact) mass is 594 g/mol. The van der Waals surface area contributed by atoms with E-state index in [9.17, 15) is 11.0 Å². The first kappa shape index (κ1) is 11.9. The summed E-state index contributed by atoms with van der Waals surface area (Å²) in [5.74, 6) is 0. The van der Waals surface area contributed by atoms with Crippen LogP contribution in [0.1, 0.15) is 30.2 Å². The standard InChI is InChI=1S/C44H28O/c1-3-13-29(14-4-1)30-23-25-32(26-24-30)42-35-18-7-9-20-37(35)43(38-21-10-8-19-36(38)42)33-27-39(31-15-5-2-6-16-31)44-40(28-33)34-17-11-12-22-41(34)45-44/h1-28H/i1D,2D,3D,4D,5D,6D,7D,8D,9D,10D,13D,14D,15D,16D,18D,19D,20D,21D,23D,24D,25D,26D. The first-order valence-corrected chi connectivity index (χ1v) is 13.6. The molecule has 0 atom stereocenters. The third kappa shape index (κ3) is 4.17. The molecule has 0 radical (unpaired) electrons. The van der Waals surface area contributed by atoms with Crippen molar-refractivity contribution in [2.75, 3.05) is 0 Å². The van der Waals surface area contributed by atoms with Crippen molar-refractivity contribution in [2.24, 2.45) is 0 Å². The molecule has 9 aromatic rings. The molecular formula is C44H28O. The topological polar surface area (TPSA) is 13.1 Å². The summed E-state index contributed by atoms with van der Waals surface area (Å²) in [4.78, 5) is 0. The van der Waals surface area contributed by atoms with Gasteiger partial charge in [0, 0.05) is 16.3 Å². The van der Waals surface area contributed by atoms with Crippen molar-refractivity contribution in [3.63, 3.8) is 0 Å². The van der Waals surface area contributed by atoms with E-state index in [1.807, 2.05) is 0 Å². The van der Waals surface area contributed by atoms with E-state index in [1.165, 1.54) is 12.1 Å². The molecule has 0 spiro atoms. The van der Waals surface area contributed by atoms with Gasteiger partial charge in [0.25, 0.3) is 0 Å². The number of hydrogen-bond acceptors (Lipinski definition) is 1. The van der Waals surface area contributed by atoms with E-state index in [4.69, 9.17) is 23.6 Å². The molecule has 9 rings (SSSR count). The van der Waals surface area contributed by atoms with Gasteiger partial charge in [0.2, 0.25) is 0 Å². The fourth-order valence-electron chi connectivity index (χ4n) is 5.64. The van der Waals surface area contributed by atoms with Gasteiger partial charge in [-0.2, -0.15) is 0 Å². The second kappa shape index (κ2) is 10.4. The maximum Gasteiger partial charge on any atom is 0.143 e. The molecule has 1 nitrogen and oxygen atoms in total. The summed E-state index contributed by atoms with van der Waals surface area (Å²) in [5.41, 5.74) is -3.03. The average molecular weight is 595 g/mol. The Labute approximate surface area is 292 Å². The van der Waals surface area contributed by atoms with Crippen LogP contribution in [0, 0.1) is 0 Å². The van der Waals surface area contributed by atoms with Gasteiger partial charge >= 0.3 is 0 Å². The highest BCUT2D eigenvalue weighted by atomic mass is 16.3. The maximum absolute atomic E-state index is 9.45. The number of para-hydroxylation sites is 1. The van der Waals surface area contributed by atoms with Gasteiger partial charge in [0.05, 0.1) is 30.2 Å². The largest absolute Gasteiger partial charge is 0.455 e. The van der Waals surface area contributed by atoms with E-state index in [0.717, 1.165) is 0 Å². The smallest absolute Gasteiger partial charge is 0.143 e. The van der Waals surface area contributed by atoms with E-state index in [-0.39, 0.29) is 33.2 Å². The Balaban J connectivity index is 1.56. The molecule has 0 aliphatic carbocycles. The van der Waals surface area contributed by atoms with Crippen LogP contribution in [0.3, 0.4) is 0 Å². The summed E-state index contributed by atoms with van der Waals surface area (Å²) in [6, 6.07) is -8.30. The van der Waals surface area contributed by atoms with E-state index in [1.54, 1.807) is 24.3 Å². The molecule has 0 aliphatic rings. The van der Waals surface area contributed by atoms with Crippen molar-refractivity contribution < 1.29 is 34.6 Å². The van der Waals surface area contributed by atoms with E-state index in [0.29, 0.717) is 11.0 Å². The predicted molar refractivity (Wildman–Crippen MR) is 190 cm³/mol. The molecule has 0 amide bonds. The Bertz CT molecular complexity index is 3610. The Morgan fingerprint density at radius 3 is 1.49 bits per heavy atom. The maximum atomic E-state index is 9.45. The Hall–Kier alpha value is -5.92. The van der Waals surface area contributed by atoms with Crippen LogP contribution in [-0.2, 0) is 0 Å². The van der Waals surface area contributed by atoms with E-state index in [2.05, 4.69) is 0 Å². The molecule has 45 heavy (non-hydrogen) atoms. The third-order valence-corrected chi connectivity index (χ3v) is 7.54. The van der Waals surface area contributed by atoms with Gasteiger partial charge in [-0.05, 0) is 78.7 Å². The van der Waals surface area contributed by atoms with Gasteiger partial charge in [0.15, 0.2) is 0 Å². The van der Waals surface area contributed by atoms with Crippen molar-refractivity contribution >= 4 is 43.5 Å². The molecule has 0 fully saturated rings. The third-order valence-electron chi connectivity index (χ3n) is 7.54. The highest BCUT2D eigenvalue weighted by Crippen LogP contribution is 2.46. The summed E-state index contributed by atoms with van der Waals surface area (Å²) in [6.07, 6.45) is 0. The van der Waals surface area contributed by atoms with Crippen molar-refractivity contribution in [2.45, 2.75) is 0 Å². The molecule has 210 valence electrons. The van der Waals surface area contributed by atoms with Crippen LogP contribution in [-0.4, -0.2) is 0 Å². The lowest BCUT2D eigenvalue weighted by atomic mass is 9.84. The summed E-state index contributed by atoms with van der Waals surface area (Å²) in [5, 5.41) is -1.17. The lowest BCUT2D eigenvalue weighted by Crippen LogP contribution is -1.91. The molecule has 0 bridgehead atoms. The Kier molecular flexibility index (Phi) is 2.73. The molecule has 0 saturated carbocycles. The number of furan rings is 1. The predicted octanol–water partition coefficient (Wildman–Crippen LogP) is 12.6. The first-order valence-electron chi connectivity index (χ1n) is 24.6. The van der Waals surface area contributed by atoms with Crippen LogP contribution >= 0.6 is 0 Å². The summed E-state index contributed by atoms with van der Waals surface area (Å²) >= 11 is 0. The molecule has 1 heteroatoms. The summed E-state index contributed by atoms with van der Waals surface area (Å²) in [7, 11) is 0. The number of rotatable bonds is 4. The summed E-state index contributed by atoms with van der Waals surface area (Å²) in [6.45, 7) is 0. The van der Waals surface area contributed by atoms with Crippen molar-refractivity contribution in [3.05, 3.63) is 169 Å². The lowest BCUT2D eigenvalue weighted by molar-refractivity contribution is 0.670. The van der Waals surface area contributed by atoms with Crippen molar-refractivity contribution in [3.8, 4) is 44.5 Å². The molecular weight excluding hydrogens is 544 g/mol. The first-order chi connectivity index (χ1) is 31.5. The zero-order chi connectivity index (χ0) is 48.9. The van der Waals surface area contributed by atoms with Gasteiger partial charge in [0.1, 0.15) is 11.2 Å². The van der Waals surface area contributed by atoms with Gasteiger partial charge < -0.3 is 4.42 Å². The minimum Gasteiger partial charge on any atom is -0.455 e. The van der Waals surface area contributed by atoms with Crippen molar-refractivity contribution in [1.82, 2.24) is 0 Å². The fourth-order valence-corrected chi connectivity index (χ4v) is 5.64. The number of benzene rings is 8. The van der Waals surface area contributed by atoms with Crippen LogP contribution in [0.25, 0.3) is 88.0 Å². The quantitative estimate of drug-likeness (QED) is 0.185. The highest BCUT2D eigenvalue weighted by molar-refractivity contribution is 6.23. The van der Waals surface area contributed by atoms with Gasteiger partial charge in [-0.3, -0.25) is 0 Å². The van der Waals surface area contributed by atoms with Gasteiger partial charge in [-0.25, -0.2) is 0 Å². The minimum atomic E-state index is -0.951. The zero-order valence-electron chi connectivity index (χ0n) is 44.9. The molecule has 1 heterocycles. The van der Waals surface area contributed by atoms with E-state index < -0.39 is 177 Å². The fraction of sp³-hybridized carbons (Fsp3) is 0. The second-order valence-electron chi connectivity index (χ2n) is 10.00. The second-order valence-corrected chi connectivity index (χ2v) is 10.00. The molecule has 0 aliphatic heterocycles. The molecule has 1 aromatic heterocycles. The van der Waals surface area contributed by atoms with Gasteiger partial charge in [-0.1, -0.05) is 151 Å². The number of hydrogen-bond donors (Lipinski definition) is 0. The van der Waals surface area contributed by atoms with E-state index >= 15 is 0 Å². The number of fused-ring (bicyclic) bond motifs is 5. The SMILES string of the molecule is [2H]c1c([2H])c([2H])c(-c2c([2H])c([2H])c(-c3c4c([2H])c([2H])c([2H])c([2H])c4c(-c4cc(-c5c([2H])c([2H])c([2H])c([2H])c5[2H])c5oc6ccccc6c5c4)c4c([2H])c([2H])c([2H])c([2H])c34)c([2H])c2[2H])c([2H])c1[2H]. The normalized spacial score (nSPS) is 18.4. The van der Waals surface area contributed by atoms with Crippen LogP contribution < -0.4 is 0 Å². The Morgan fingerprint density at radius 2 is 0.867 bits per heavy atom. The van der Waals surface area contributed by atoms with Crippen LogP contribution in [0.2, 0.25) is 0 Å². The van der Waals surface area contributed by atoms with Gasteiger partial charge in [-0.15, -0.1) is 0 Å². The Morgan fingerprint density at radius 1 is 0.378 bits per heavy atom. The highest BCUT2D eigenvalue weighted by Gasteiger charge is 2.20. The van der Waals surface area contributed by atoms with Crippen LogP contribution in [0.4, 0.5) is 0 Å². The molecule has 0 unspecified atom stereocenters. The van der Waals surface area contributed by atoms with Crippen LogP contribution in [0.15, 0.2) is 174 Å². The van der Waals surface area contributed by atoms with Crippen LogP contribution in [0.5, 0.6) is 0 Å². The average Bonchev–Trinajstić information content (AvgIpc) is 3.69. The molecule has 8 aromatic carbocycles. The lowest BCUT2D eigenvalue weighted by Gasteiger charge is -2.18. The molecule has 0 N–H and O–H groups in total. The minimum absolute atomic E-state index is 0.0420. The van der Waals surface area contributed by atoms with Crippen molar-refractivity contribution in [1.29, 1.82) is 0 Å². The zero-order valence-corrected chi connectivity index (χ0v) is 22.9. The summed E-state index contributed by atoms with van der Waals surface area (Å²) < 4.78 is 201.